The van der Waals surface area contributed by atoms with E-state index in [2.05, 4.69) is 33.3 Å². The molecule has 2 N–H and O–H groups in total. The van der Waals surface area contributed by atoms with Gasteiger partial charge >= 0.3 is 0 Å². The molecule has 4 nitrogen and oxygen atoms in total. The van der Waals surface area contributed by atoms with Crippen molar-refractivity contribution in [3.8, 4) is 0 Å². The number of H-pyrrole nitrogens is 1. The molecule has 4 heteroatoms. The fourth-order valence-corrected chi connectivity index (χ4v) is 2.29. The molecule has 16 heavy (non-hydrogen) atoms. The van der Waals surface area contributed by atoms with Crippen LogP contribution in [0, 0.1) is 6.92 Å². The van der Waals surface area contributed by atoms with Gasteiger partial charge in [0.25, 0.3) is 0 Å². The molecule has 1 aliphatic heterocycles. The molecule has 0 aromatic carbocycles. The quantitative estimate of drug-likeness (QED) is 0.760. The Morgan fingerprint density at radius 3 is 2.94 bits per heavy atom. The van der Waals surface area contributed by atoms with Gasteiger partial charge in [0.2, 0.25) is 0 Å². The van der Waals surface area contributed by atoms with Crippen molar-refractivity contribution in [2.24, 2.45) is 0 Å². The molecule has 3 rings (SSSR count). The maximum Gasteiger partial charge on any atom is 0.177 e. The Kier molecular flexibility index (Phi) is 2.01. The summed E-state index contributed by atoms with van der Waals surface area (Å²) in [6.45, 7) is 6.30. The first-order chi connectivity index (χ1) is 7.67. The van der Waals surface area contributed by atoms with Crippen molar-refractivity contribution < 1.29 is 0 Å². The molecule has 2 aromatic rings. The van der Waals surface area contributed by atoms with Gasteiger partial charge in [-0.05, 0) is 32.0 Å². The molecule has 1 saturated heterocycles. The summed E-state index contributed by atoms with van der Waals surface area (Å²) in [5, 5.41) is 3.39. The fraction of sp³-hybridized carbons (Fsp3) is 0.500. The zero-order valence-corrected chi connectivity index (χ0v) is 9.67. The number of rotatable bonds is 1. The Balaban J connectivity index is 2.11. The second-order valence-electron chi connectivity index (χ2n) is 4.90. The summed E-state index contributed by atoms with van der Waals surface area (Å²) in [5.41, 5.74) is 3.02. The van der Waals surface area contributed by atoms with Crippen LogP contribution in [0.1, 0.15) is 24.9 Å². The van der Waals surface area contributed by atoms with Crippen LogP contribution < -0.4 is 5.32 Å². The summed E-state index contributed by atoms with van der Waals surface area (Å²) in [5.74, 6) is 1.06. The summed E-state index contributed by atoms with van der Waals surface area (Å²) < 4.78 is 0. The number of nitrogens with zero attached hydrogens (tertiary/aromatic N) is 2. The summed E-state index contributed by atoms with van der Waals surface area (Å²) in [7, 11) is 0. The van der Waals surface area contributed by atoms with Crippen LogP contribution in [0.25, 0.3) is 11.2 Å². The average Bonchev–Trinajstić information content (AvgIpc) is 2.84. The van der Waals surface area contributed by atoms with E-state index in [1.807, 2.05) is 13.0 Å². The number of hydrogen-bond acceptors (Lipinski definition) is 3. The number of aromatic amines is 1. The minimum absolute atomic E-state index is 0.134. The van der Waals surface area contributed by atoms with Crippen molar-refractivity contribution in [2.45, 2.75) is 25.7 Å². The minimum atomic E-state index is 0.134. The Hall–Kier alpha value is -1.42. The molecule has 2 aromatic heterocycles. The van der Waals surface area contributed by atoms with Crippen LogP contribution in [0.15, 0.2) is 12.1 Å². The normalized spacial score (nSPS) is 25.4. The number of pyridine rings is 1. The van der Waals surface area contributed by atoms with Gasteiger partial charge in [0, 0.05) is 17.7 Å². The molecule has 0 saturated carbocycles. The maximum absolute atomic E-state index is 4.62. The van der Waals surface area contributed by atoms with E-state index in [9.17, 15) is 0 Å². The van der Waals surface area contributed by atoms with Crippen molar-refractivity contribution in [3.05, 3.63) is 23.7 Å². The molecule has 1 fully saturated rings. The molecule has 0 radical (unpaired) electrons. The third-order valence-corrected chi connectivity index (χ3v) is 3.43. The van der Waals surface area contributed by atoms with Crippen molar-refractivity contribution in [3.63, 3.8) is 0 Å². The van der Waals surface area contributed by atoms with Crippen molar-refractivity contribution >= 4 is 11.2 Å². The van der Waals surface area contributed by atoms with Gasteiger partial charge in [-0.2, -0.15) is 0 Å². The molecule has 0 aliphatic carbocycles. The fourth-order valence-electron chi connectivity index (χ4n) is 2.29. The molecule has 3 heterocycles. The predicted octanol–water partition coefficient (Wildman–Crippen LogP) is 1.52. The lowest BCUT2D eigenvalue weighted by molar-refractivity contribution is 0.496. The topological polar surface area (TPSA) is 53.6 Å². The van der Waals surface area contributed by atoms with Gasteiger partial charge in [-0.1, -0.05) is 6.92 Å². The van der Waals surface area contributed by atoms with E-state index in [1.54, 1.807) is 0 Å². The molecule has 1 unspecified atom stereocenters. The number of aromatic nitrogens is 3. The third-order valence-electron chi connectivity index (χ3n) is 3.43. The van der Waals surface area contributed by atoms with E-state index in [-0.39, 0.29) is 5.41 Å². The smallest absolute Gasteiger partial charge is 0.177 e. The van der Waals surface area contributed by atoms with Gasteiger partial charge in [0.15, 0.2) is 5.65 Å². The second kappa shape index (κ2) is 3.28. The lowest BCUT2D eigenvalue weighted by Gasteiger charge is -2.18. The highest BCUT2D eigenvalue weighted by molar-refractivity contribution is 5.70. The van der Waals surface area contributed by atoms with Crippen LogP contribution in [-0.4, -0.2) is 28.0 Å². The molecule has 1 aliphatic rings. The highest BCUT2D eigenvalue weighted by Gasteiger charge is 2.33. The van der Waals surface area contributed by atoms with Crippen LogP contribution in [0.5, 0.6) is 0 Å². The van der Waals surface area contributed by atoms with Gasteiger partial charge in [-0.15, -0.1) is 0 Å². The van der Waals surface area contributed by atoms with Crippen LogP contribution in [0.3, 0.4) is 0 Å². The highest BCUT2D eigenvalue weighted by Crippen LogP contribution is 2.28. The van der Waals surface area contributed by atoms with Crippen LogP contribution >= 0.6 is 0 Å². The lowest BCUT2D eigenvalue weighted by atomic mass is 9.89. The Bertz CT molecular complexity index is 523. The molecule has 0 amide bonds. The zero-order chi connectivity index (χ0) is 11.2. The average molecular weight is 216 g/mol. The lowest BCUT2D eigenvalue weighted by Crippen LogP contribution is -2.26. The minimum Gasteiger partial charge on any atom is -0.340 e. The third kappa shape index (κ3) is 1.41. The first kappa shape index (κ1) is 9.78. The molecular formula is C12H16N4. The maximum atomic E-state index is 4.62. The number of imidazole rings is 1. The van der Waals surface area contributed by atoms with E-state index in [0.29, 0.717) is 0 Å². The first-order valence-electron chi connectivity index (χ1n) is 5.72. The van der Waals surface area contributed by atoms with E-state index in [1.165, 1.54) is 0 Å². The Morgan fingerprint density at radius 1 is 1.31 bits per heavy atom. The largest absolute Gasteiger partial charge is 0.340 e. The van der Waals surface area contributed by atoms with E-state index < -0.39 is 0 Å². The Labute approximate surface area is 94.5 Å². The van der Waals surface area contributed by atoms with Gasteiger partial charge in [0.05, 0.1) is 5.52 Å². The summed E-state index contributed by atoms with van der Waals surface area (Å²) in [6.07, 6.45) is 1.13. The summed E-state index contributed by atoms with van der Waals surface area (Å²) >= 11 is 0. The van der Waals surface area contributed by atoms with Crippen molar-refractivity contribution in [1.82, 2.24) is 20.3 Å². The van der Waals surface area contributed by atoms with Crippen LogP contribution in [-0.2, 0) is 5.41 Å². The number of hydrogen-bond donors (Lipinski definition) is 2. The van der Waals surface area contributed by atoms with Crippen LogP contribution in [0.4, 0.5) is 0 Å². The van der Waals surface area contributed by atoms with Gasteiger partial charge in [-0.25, -0.2) is 9.97 Å². The Morgan fingerprint density at radius 2 is 2.19 bits per heavy atom. The molecule has 1 atom stereocenters. The predicted molar refractivity (Wildman–Crippen MR) is 63.5 cm³/mol. The second-order valence-corrected chi connectivity index (χ2v) is 4.90. The van der Waals surface area contributed by atoms with E-state index in [0.717, 1.165) is 42.2 Å². The van der Waals surface area contributed by atoms with Crippen molar-refractivity contribution in [2.75, 3.05) is 13.1 Å². The van der Waals surface area contributed by atoms with Gasteiger partial charge in [0.1, 0.15) is 5.82 Å². The molecule has 0 bridgehead atoms. The zero-order valence-electron chi connectivity index (χ0n) is 9.67. The number of fused-ring (bicyclic) bond motifs is 1. The molecular weight excluding hydrogens is 200 g/mol. The summed E-state index contributed by atoms with van der Waals surface area (Å²) in [6, 6.07) is 4.07. The first-order valence-corrected chi connectivity index (χ1v) is 5.72. The highest BCUT2D eigenvalue weighted by atomic mass is 15.0. The SMILES string of the molecule is Cc1ccc2[nH]c(C3(C)CCNC3)nc2n1. The standard InChI is InChI=1S/C12H16N4/c1-8-3-4-9-10(14-8)16-11(15-9)12(2)5-6-13-7-12/h3-4,13H,5-7H2,1-2H3,(H,14,15,16). The van der Waals surface area contributed by atoms with Gasteiger partial charge < -0.3 is 10.3 Å². The molecule has 84 valence electrons. The number of nitrogens with one attached hydrogen (secondary N) is 2. The van der Waals surface area contributed by atoms with E-state index in [4.69, 9.17) is 0 Å². The van der Waals surface area contributed by atoms with Gasteiger partial charge in [-0.3, -0.25) is 0 Å². The van der Waals surface area contributed by atoms with Crippen LogP contribution in [0.2, 0.25) is 0 Å². The monoisotopic (exact) mass is 216 g/mol. The number of aryl methyl sites for hydroxylation is 1. The summed E-state index contributed by atoms with van der Waals surface area (Å²) in [4.78, 5) is 12.4. The van der Waals surface area contributed by atoms with E-state index >= 15 is 0 Å². The van der Waals surface area contributed by atoms with Crippen molar-refractivity contribution in [1.29, 1.82) is 0 Å². The molecule has 0 spiro atoms.